The Hall–Kier alpha value is -2.95. The van der Waals surface area contributed by atoms with Gasteiger partial charge in [0.2, 0.25) is 5.95 Å². The lowest BCUT2D eigenvalue weighted by Crippen LogP contribution is -2.23. The number of anilines is 3. The second-order valence-corrected chi connectivity index (χ2v) is 5.18. The van der Waals surface area contributed by atoms with Crippen molar-refractivity contribution in [2.45, 2.75) is 6.54 Å². The lowest BCUT2D eigenvalue weighted by Gasteiger charge is -2.05. The highest BCUT2D eigenvalue weighted by Gasteiger charge is 2.20. The first kappa shape index (κ1) is 14.0. The third-order valence-electron chi connectivity index (χ3n) is 2.73. The maximum Gasteiger partial charge on any atom is 0.415 e. The second kappa shape index (κ2) is 5.44. The molecule has 0 atom stereocenters. The first-order valence-corrected chi connectivity index (χ1v) is 6.95. The highest BCUT2D eigenvalue weighted by Crippen LogP contribution is 2.26. The topological polar surface area (TPSA) is 143 Å². The fourth-order valence-electron chi connectivity index (χ4n) is 1.68. The summed E-state index contributed by atoms with van der Waals surface area (Å²) in [7, 11) is 1.31. The molecule has 0 fully saturated rings. The molecule has 3 aromatic rings. The number of aromatic nitrogens is 4. The zero-order valence-corrected chi connectivity index (χ0v) is 12.2. The van der Waals surface area contributed by atoms with E-state index >= 15 is 0 Å². The average molecular weight is 321 g/mol. The van der Waals surface area contributed by atoms with Crippen LogP contribution < -0.4 is 16.0 Å². The molecule has 3 heterocycles. The van der Waals surface area contributed by atoms with Gasteiger partial charge in [0.1, 0.15) is 5.01 Å². The van der Waals surface area contributed by atoms with Crippen LogP contribution >= 0.6 is 11.3 Å². The van der Waals surface area contributed by atoms with E-state index in [0.29, 0.717) is 17.9 Å². The summed E-state index contributed by atoms with van der Waals surface area (Å²) in [6.45, 7) is 0.431. The van der Waals surface area contributed by atoms with Gasteiger partial charge in [-0.2, -0.15) is 15.0 Å². The standard InChI is InChI=1S/C11H11N7O3S/c1-18(11(19)20)10-15-6-7(14-4-5-13-2-3-22-5)16-9(12)17-8(6)21-10/h2-3H,4H2,1H3,(H,19,20)(H3,12,14,16,17). The molecule has 3 rings (SSSR count). The van der Waals surface area contributed by atoms with Crippen LogP contribution in [-0.2, 0) is 6.54 Å². The molecule has 4 N–H and O–H groups in total. The molecular formula is C11H11N7O3S. The summed E-state index contributed by atoms with van der Waals surface area (Å²) < 4.78 is 5.30. The van der Waals surface area contributed by atoms with Gasteiger partial charge in [-0.05, 0) is 0 Å². The van der Waals surface area contributed by atoms with E-state index in [1.165, 1.54) is 18.4 Å². The Morgan fingerprint density at radius 3 is 3.00 bits per heavy atom. The van der Waals surface area contributed by atoms with Crippen molar-refractivity contribution in [3.63, 3.8) is 0 Å². The van der Waals surface area contributed by atoms with Crippen molar-refractivity contribution in [2.75, 3.05) is 23.0 Å². The van der Waals surface area contributed by atoms with Gasteiger partial charge < -0.3 is 20.6 Å². The number of fused-ring (bicyclic) bond motifs is 1. The summed E-state index contributed by atoms with van der Waals surface area (Å²) >= 11 is 1.49. The summed E-state index contributed by atoms with van der Waals surface area (Å²) in [5.74, 6) is 0.348. The number of nitrogens with zero attached hydrogens (tertiary/aromatic N) is 5. The maximum absolute atomic E-state index is 11.0. The van der Waals surface area contributed by atoms with Crippen LogP contribution in [0.2, 0.25) is 0 Å². The largest absolute Gasteiger partial charge is 0.465 e. The second-order valence-electron chi connectivity index (χ2n) is 4.20. The molecule has 0 saturated carbocycles. The zero-order valence-electron chi connectivity index (χ0n) is 11.3. The highest BCUT2D eigenvalue weighted by atomic mass is 32.1. The molecule has 0 unspecified atom stereocenters. The molecule has 0 saturated heterocycles. The normalized spacial score (nSPS) is 10.8. The number of nitrogens with two attached hydrogens (primary N) is 1. The molecule has 0 aromatic carbocycles. The SMILES string of the molecule is CN(C(=O)O)c1nc2c(NCc3nccs3)nc(N)nc2o1. The minimum Gasteiger partial charge on any atom is -0.465 e. The molecule has 0 aliphatic carbocycles. The fraction of sp³-hybridized carbons (Fsp3) is 0.182. The van der Waals surface area contributed by atoms with Gasteiger partial charge in [-0.3, -0.25) is 0 Å². The number of nitrogens with one attached hydrogen (secondary N) is 1. The summed E-state index contributed by atoms with van der Waals surface area (Å²) in [4.78, 5) is 28.0. The Morgan fingerprint density at radius 1 is 1.50 bits per heavy atom. The van der Waals surface area contributed by atoms with E-state index in [1.54, 1.807) is 6.20 Å². The molecule has 10 nitrogen and oxygen atoms in total. The number of hydrogen-bond donors (Lipinski definition) is 3. The fourth-order valence-corrected chi connectivity index (χ4v) is 2.23. The van der Waals surface area contributed by atoms with Crippen molar-refractivity contribution < 1.29 is 14.3 Å². The van der Waals surface area contributed by atoms with E-state index in [0.717, 1.165) is 9.91 Å². The van der Waals surface area contributed by atoms with E-state index in [2.05, 4.69) is 25.3 Å². The van der Waals surface area contributed by atoms with E-state index in [9.17, 15) is 4.79 Å². The van der Waals surface area contributed by atoms with Gasteiger partial charge in [0.25, 0.3) is 5.71 Å². The predicted molar refractivity (Wildman–Crippen MR) is 79.9 cm³/mol. The van der Waals surface area contributed by atoms with Crippen molar-refractivity contribution in [3.05, 3.63) is 16.6 Å². The Bertz CT molecular complexity index is 817. The minimum atomic E-state index is -1.20. The van der Waals surface area contributed by atoms with Crippen molar-refractivity contribution in [3.8, 4) is 0 Å². The molecule has 114 valence electrons. The van der Waals surface area contributed by atoms with Crippen LogP contribution in [0.25, 0.3) is 11.2 Å². The third-order valence-corrected chi connectivity index (χ3v) is 3.51. The van der Waals surface area contributed by atoms with Crippen molar-refractivity contribution >= 4 is 46.4 Å². The average Bonchev–Trinajstić information content (AvgIpc) is 3.12. The molecule has 0 aliphatic heterocycles. The molecule has 0 spiro atoms. The van der Waals surface area contributed by atoms with Gasteiger partial charge >= 0.3 is 12.1 Å². The maximum atomic E-state index is 11.0. The number of rotatable bonds is 4. The van der Waals surface area contributed by atoms with Crippen LogP contribution in [0, 0.1) is 0 Å². The summed E-state index contributed by atoms with van der Waals surface area (Å²) in [5.41, 5.74) is 6.03. The summed E-state index contributed by atoms with van der Waals surface area (Å²) in [6, 6.07) is -0.111. The molecule has 11 heteroatoms. The van der Waals surface area contributed by atoms with Crippen LogP contribution in [0.15, 0.2) is 16.0 Å². The molecule has 1 amide bonds. The number of amides is 1. The van der Waals surface area contributed by atoms with Crippen LogP contribution in [0.4, 0.5) is 22.6 Å². The van der Waals surface area contributed by atoms with Crippen LogP contribution in [0.3, 0.4) is 0 Å². The number of nitrogen functional groups attached to an aromatic ring is 1. The van der Waals surface area contributed by atoms with Crippen LogP contribution in [0.1, 0.15) is 5.01 Å². The Kier molecular flexibility index (Phi) is 3.47. The lowest BCUT2D eigenvalue weighted by atomic mass is 10.5. The summed E-state index contributed by atoms with van der Waals surface area (Å²) in [6.07, 6.45) is 0.492. The molecular weight excluding hydrogens is 310 g/mol. The van der Waals surface area contributed by atoms with Gasteiger partial charge in [-0.25, -0.2) is 14.7 Å². The number of hydrogen-bond acceptors (Lipinski definition) is 9. The minimum absolute atomic E-state index is 0.00480. The van der Waals surface area contributed by atoms with E-state index in [4.69, 9.17) is 15.3 Å². The third kappa shape index (κ3) is 2.61. The van der Waals surface area contributed by atoms with E-state index in [-0.39, 0.29) is 17.7 Å². The van der Waals surface area contributed by atoms with Gasteiger partial charge in [-0.1, -0.05) is 0 Å². The predicted octanol–water partition coefficient (Wildman–Crippen LogP) is 1.38. The van der Waals surface area contributed by atoms with Gasteiger partial charge in [0, 0.05) is 18.6 Å². The first-order chi connectivity index (χ1) is 10.5. The molecule has 0 radical (unpaired) electrons. The van der Waals surface area contributed by atoms with E-state index < -0.39 is 6.09 Å². The Morgan fingerprint density at radius 2 is 2.32 bits per heavy atom. The van der Waals surface area contributed by atoms with Crippen molar-refractivity contribution in [1.29, 1.82) is 0 Å². The van der Waals surface area contributed by atoms with E-state index in [1.807, 2.05) is 5.38 Å². The quantitative estimate of drug-likeness (QED) is 0.649. The number of carboxylic acid groups (broad SMARTS) is 1. The highest BCUT2D eigenvalue weighted by molar-refractivity contribution is 7.09. The molecule has 0 aliphatic rings. The monoisotopic (exact) mass is 321 g/mol. The smallest absolute Gasteiger partial charge is 0.415 e. The first-order valence-electron chi connectivity index (χ1n) is 6.07. The van der Waals surface area contributed by atoms with Gasteiger partial charge in [-0.15, -0.1) is 11.3 Å². The van der Waals surface area contributed by atoms with Crippen LogP contribution in [0.5, 0.6) is 0 Å². The number of oxazole rings is 1. The lowest BCUT2D eigenvalue weighted by molar-refractivity contribution is 0.202. The summed E-state index contributed by atoms with van der Waals surface area (Å²) in [5, 5.41) is 14.7. The number of thiazole rings is 1. The zero-order chi connectivity index (χ0) is 15.7. The van der Waals surface area contributed by atoms with Crippen molar-refractivity contribution in [1.82, 2.24) is 19.9 Å². The Balaban J connectivity index is 1.96. The number of carbonyl (C=O) groups is 1. The Labute approximate surface area is 127 Å². The van der Waals surface area contributed by atoms with Gasteiger partial charge in [0.05, 0.1) is 6.54 Å². The molecule has 22 heavy (non-hydrogen) atoms. The molecule has 0 bridgehead atoms. The van der Waals surface area contributed by atoms with Gasteiger partial charge in [0.15, 0.2) is 11.3 Å². The van der Waals surface area contributed by atoms with Crippen molar-refractivity contribution in [2.24, 2.45) is 0 Å². The molecule has 3 aromatic heterocycles. The van der Waals surface area contributed by atoms with Crippen LogP contribution in [-0.4, -0.2) is 38.2 Å².